The fraction of sp³-hybridized carbons (Fsp3) is 0.320. The molecular formula is C25H29N7OS. The molecule has 1 unspecified atom stereocenters. The molecule has 2 N–H and O–H groups in total. The number of ether oxygens (including phenoxy) is 1. The Bertz CT molecular complexity index is 1130. The molecule has 0 radical (unpaired) electrons. The van der Waals surface area contributed by atoms with Crippen molar-refractivity contribution in [2.45, 2.75) is 16.2 Å². The first-order valence-corrected chi connectivity index (χ1v) is 12.3. The van der Waals surface area contributed by atoms with Crippen molar-refractivity contribution in [1.82, 2.24) is 25.2 Å². The third kappa shape index (κ3) is 5.49. The quantitative estimate of drug-likeness (QED) is 0.536. The third-order valence-electron chi connectivity index (χ3n) is 5.97. The minimum Gasteiger partial charge on any atom is -0.497 e. The van der Waals surface area contributed by atoms with Gasteiger partial charge in [0.15, 0.2) is 5.16 Å². The number of hydrogen-bond donors (Lipinski definition) is 2. The largest absolute Gasteiger partial charge is 0.497 e. The fourth-order valence-electron chi connectivity index (χ4n) is 3.97. The van der Waals surface area contributed by atoms with Crippen LogP contribution in [0.5, 0.6) is 5.75 Å². The minimum absolute atomic E-state index is 0.0607. The molecule has 5 rings (SSSR count). The van der Waals surface area contributed by atoms with E-state index in [2.05, 4.69) is 57.8 Å². The van der Waals surface area contributed by atoms with Gasteiger partial charge in [-0.2, -0.15) is 15.0 Å². The Morgan fingerprint density at radius 2 is 1.74 bits per heavy atom. The lowest BCUT2D eigenvalue weighted by atomic mass is 10.1. The van der Waals surface area contributed by atoms with E-state index in [0.717, 1.165) is 49.3 Å². The number of benzene rings is 2. The third-order valence-corrected chi connectivity index (χ3v) is 6.84. The highest BCUT2D eigenvalue weighted by molar-refractivity contribution is 7.99. The van der Waals surface area contributed by atoms with E-state index < -0.39 is 0 Å². The summed E-state index contributed by atoms with van der Waals surface area (Å²) in [7, 11) is 3.83. The van der Waals surface area contributed by atoms with Gasteiger partial charge in [-0.25, -0.2) is 0 Å². The summed E-state index contributed by atoms with van der Waals surface area (Å²) in [5.41, 5.74) is 2.40. The van der Waals surface area contributed by atoms with Gasteiger partial charge >= 0.3 is 0 Å². The van der Waals surface area contributed by atoms with Crippen LogP contribution in [0, 0.1) is 0 Å². The van der Waals surface area contributed by atoms with Gasteiger partial charge < -0.3 is 19.9 Å². The second-order valence-corrected chi connectivity index (χ2v) is 9.41. The van der Waals surface area contributed by atoms with Crippen molar-refractivity contribution in [2.24, 2.45) is 0 Å². The Morgan fingerprint density at radius 1 is 0.971 bits per heavy atom. The van der Waals surface area contributed by atoms with Crippen LogP contribution in [0.15, 0.2) is 70.7 Å². The molecule has 0 spiro atoms. The van der Waals surface area contributed by atoms with Crippen LogP contribution in [-0.4, -0.2) is 72.9 Å². The molecule has 1 atom stereocenters. The van der Waals surface area contributed by atoms with E-state index in [9.17, 15) is 0 Å². The maximum absolute atomic E-state index is 5.27. The number of nitrogens with one attached hydrogen (secondary N) is 2. The van der Waals surface area contributed by atoms with Gasteiger partial charge in [0.05, 0.1) is 13.3 Å². The van der Waals surface area contributed by atoms with Crippen molar-refractivity contribution in [2.75, 3.05) is 57.1 Å². The standard InChI is InChI=1S/C25H29N7OS/c1-31-12-14-32(15-13-31)24-28-23(29-25(30-24)34-21-6-4-3-5-7-21)27-22-16-19(17-26-22)18-8-10-20(33-2)11-9-18/h3-11,16,22,26H,12-15,17H2,1-2H3,(H,27,28,29,30). The predicted molar refractivity (Wildman–Crippen MR) is 136 cm³/mol. The zero-order valence-corrected chi connectivity index (χ0v) is 20.3. The average Bonchev–Trinajstić information content (AvgIpc) is 3.33. The van der Waals surface area contributed by atoms with E-state index in [1.54, 1.807) is 18.9 Å². The molecule has 3 aromatic rings. The molecule has 3 heterocycles. The normalized spacial score (nSPS) is 18.6. The van der Waals surface area contributed by atoms with E-state index >= 15 is 0 Å². The van der Waals surface area contributed by atoms with Crippen LogP contribution in [0.2, 0.25) is 0 Å². The number of piperazine rings is 1. The summed E-state index contributed by atoms with van der Waals surface area (Å²) in [6.45, 7) is 4.56. The van der Waals surface area contributed by atoms with E-state index in [1.807, 2.05) is 30.3 Å². The van der Waals surface area contributed by atoms with Crippen molar-refractivity contribution in [1.29, 1.82) is 0 Å². The second-order valence-electron chi connectivity index (χ2n) is 8.37. The summed E-state index contributed by atoms with van der Waals surface area (Å²) in [4.78, 5) is 20.0. The summed E-state index contributed by atoms with van der Waals surface area (Å²) in [5, 5.41) is 7.64. The lowest BCUT2D eigenvalue weighted by Gasteiger charge is -2.32. The number of rotatable bonds is 7. The average molecular weight is 476 g/mol. The lowest BCUT2D eigenvalue weighted by molar-refractivity contribution is 0.311. The molecule has 2 aliphatic heterocycles. The SMILES string of the molecule is COc1ccc(C2=CC(Nc3nc(Sc4ccccc4)nc(N4CCN(C)CC4)n3)NC2)cc1. The summed E-state index contributed by atoms with van der Waals surface area (Å²) < 4.78 is 5.27. The smallest absolute Gasteiger partial charge is 0.231 e. The van der Waals surface area contributed by atoms with E-state index in [1.165, 1.54) is 11.1 Å². The Morgan fingerprint density at radius 3 is 2.47 bits per heavy atom. The number of hydrogen-bond acceptors (Lipinski definition) is 9. The van der Waals surface area contributed by atoms with Gasteiger partial charge in [0.2, 0.25) is 11.9 Å². The number of likely N-dealkylation sites (N-methyl/N-ethyl adjacent to an activating group) is 1. The van der Waals surface area contributed by atoms with Crippen LogP contribution < -0.4 is 20.3 Å². The monoisotopic (exact) mass is 475 g/mol. The lowest BCUT2D eigenvalue weighted by Crippen LogP contribution is -2.45. The Balaban J connectivity index is 1.36. The Hall–Kier alpha value is -3.14. The molecule has 176 valence electrons. The van der Waals surface area contributed by atoms with Crippen molar-refractivity contribution in [3.63, 3.8) is 0 Å². The van der Waals surface area contributed by atoms with Gasteiger partial charge in [0.25, 0.3) is 0 Å². The molecular weight excluding hydrogens is 446 g/mol. The molecule has 1 fully saturated rings. The second kappa shape index (κ2) is 10.4. The van der Waals surface area contributed by atoms with Gasteiger partial charge in [-0.3, -0.25) is 5.32 Å². The molecule has 1 aromatic heterocycles. The van der Waals surface area contributed by atoms with Gasteiger partial charge in [0, 0.05) is 37.6 Å². The van der Waals surface area contributed by atoms with Crippen molar-refractivity contribution < 1.29 is 4.74 Å². The van der Waals surface area contributed by atoms with Crippen LogP contribution in [0.3, 0.4) is 0 Å². The van der Waals surface area contributed by atoms with Crippen LogP contribution >= 0.6 is 11.8 Å². The summed E-state index contributed by atoms with van der Waals surface area (Å²) in [6.07, 6.45) is 2.12. The van der Waals surface area contributed by atoms with Crippen molar-refractivity contribution in [3.05, 3.63) is 66.2 Å². The number of aromatic nitrogens is 3. The summed E-state index contributed by atoms with van der Waals surface area (Å²) >= 11 is 1.55. The molecule has 1 saturated heterocycles. The van der Waals surface area contributed by atoms with Gasteiger partial charge in [-0.05, 0) is 60.3 Å². The highest BCUT2D eigenvalue weighted by Gasteiger charge is 2.21. The summed E-state index contributed by atoms with van der Waals surface area (Å²) in [5.74, 6) is 2.16. The fourth-order valence-corrected chi connectivity index (χ4v) is 4.74. The van der Waals surface area contributed by atoms with Crippen LogP contribution in [0.4, 0.5) is 11.9 Å². The van der Waals surface area contributed by atoms with Gasteiger partial charge in [-0.1, -0.05) is 30.3 Å². The van der Waals surface area contributed by atoms with Crippen LogP contribution in [0.25, 0.3) is 5.57 Å². The number of methoxy groups -OCH3 is 1. The molecule has 2 aromatic carbocycles. The predicted octanol–water partition coefficient (Wildman–Crippen LogP) is 3.21. The van der Waals surface area contributed by atoms with E-state index in [-0.39, 0.29) is 6.17 Å². The van der Waals surface area contributed by atoms with Crippen LogP contribution in [0.1, 0.15) is 5.56 Å². The first-order chi connectivity index (χ1) is 16.7. The van der Waals surface area contributed by atoms with Crippen molar-refractivity contribution >= 4 is 29.2 Å². The van der Waals surface area contributed by atoms with E-state index in [0.29, 0.717) is 11.1 Å². The molecule has 9 heteroatoms. The Kier molecular flexibility index (Phi) is 6.94. The molecule has 0 bridgehead atoms. The molecule has 0 amide bonds. The molecule has 0 aliphatic carbocycles. The zero-order chi connectivity index (χ0) is 23.3. The maximum atomic E-state index is 5.27. The molecule has 8 nitrogen and oxygen atoms in total. The van der Waals surface area contributed by atoms with Crippen molar-refractivity contribution in [3.8, 4) is 5.75 Å². The van der Waals surface area contributed by atoms with Gasteiger partial charge in [0.1, 0.15) is 5.75 Å². The summed E-state index contributed by atoms with van der Waals surface area (Å²) in [6, 6.07) is 18.3. The highest BCUT2D eigenvalue weighted by atomic mass is 32.2. The molecule has 34 heavy (non-hydrogen) atoms. The van der Waals surface area contributed by atoms with Crippen LogP contribution in [-0.2, 0) is 0 Å². The Labute approximate surface area is 204 Å². The van der Waals surface area contributed by atoms with E-state index in [4.69, 9.17) is 19.7 Å². The topological polar surface area (TPSA) is 78.4 Å². The minimum atomic E-state index is -0.0607. The maximum Gasteiger partial charge on any atom is 0.231 e. The number of nitrogens with zero attached hydrogens (tertiary/aromatic N) is 5. The molecule has 0 saturated carbocycles. The molecule has 2 aliphatic rings. The number of anilines is 2. The first kappa shape index (κ1) is 22.6. The highest BCUT2D eigenvalue weighted by Crippen LogP contribution is 2.27. The van der Waals surface area contributed by atoms with Gasteiger partial charge in [-0.15, -0.1) is 0 Å². The zero-order valence-electron chi connectivity index (χ0n) is 19.4. The first-order valence-electron chi connectivity index (χ1n) is 11.4.